The van der Waals surface area contributed by atoms with E-state index in [9.17, 15) is 4.79 Å². The lowest BCUT2D eigenvalue weighted by Gasteiger charge is -2.03. The summed E-state index contributed by atoms with van der Waals surface area (Å²) >= 11 is 0. The Kier molecular flexibility index (Phi) is 1.79. The Morgan fingerprint density at radius 2 is 2.46 bits per heavy atom. The van der Waals surface area contributed by atoms with E-state index < -0.39 is 5.97 Å². The lowest BCUT2D eigenvalue weighted by molar-refractivity contribution is 0.0696. The average molecular weight is 177 g/mol. The Morgan fingerprint density at radius 1 is 1.69 bits per heavy atom. The van der Waals surface area contributed by atoms with Crippen molar-refractivity contribution in [1.82, 2.24) is 4.98 Å². The molecule has 1 aromatic rings. The number of aryl methyl sites for hydroxylation is 1. The van der Waals surface area contributed by atoms with Gasteiger partial charge in [0, 0.05) is 11.9 Å². The summed E-state index contributed by atoms with van der Waals surface area (Å²) in [6, 6.07) is 1.75. The molecule has 0 saturated carbocycles. The second-order valence-corrected chi connectivity index (χ2v) is 3.50. The number of carbonyl (C=O) groups is 1. The first-order valence-electron chi connectivity index (χ1n) is 4.40. The van der Waals surface area contributed by atoms with Crippen molar-refractivity contribution in [3.05, 3.63) is 29.1 Å². The highest BCUT2D eigenvalue weighted by Crippen LogP contribution is 2.31. The Morgan fingerprint density at radius 3 is 3.15 bits per heavy atom. The number of carboxylic acid groups (broad SMARTS) is 1. The molecule has 0 radical (unpaired) electrons. The van der Waals surface area contributed by atoms with Gasteiger partial charge < -0.3 is 5.11 Å². The van der Waals surface area contributed by atoms with Crippen molar-refractivity contribution in [3.8, 4) is 0 Å². The molecule has 1 heterocycles. The van der Waals surface area contributed by atoms with Gasteiger partial charge >= 0.3 is 5.97 Å². The number of hydrogen-bond acceptors (Lipinski definition) is 2. The van der Waals surface area contributed by atoms with Crippen molar-refractivity contribution in [2.75, 3.05) is 0 Å². The van der Waals surface area contributed by atoms with Crippen LogP contribution >= 0.6 is 0 Å². The van der Waals surface area contributed by atoms with Crippen LogP contribution < -0.4 is 0 Å². The summed E-state index contributed by atoms with van der Waals surface area (Å²) in [4.78, 5) is 14.8. The third-order valence-corrected chi connectivity index (χ3v) is 2.60. The normalized spacial score (nSPS) is 19.9. The number of rotatable bonds is 1. The average Bonchev–Trinajstić information content (AvgIpc) is 2.47. The van der Waals surface area contributed by atoms with Crippen molar-refractivity contribution < 1.29 is 9.90 Å². The van der Waals surface area contributed by atoms with E-state index in [1.807, 2.05) is 0 Å². The topological polar surface area (TPSA) is 50.2 Å². The summed E-state index contributed by atoms with van der Waals surface area (Å²) in [6.45, 7) is 2.11. The summed E-state index contributed by atoms with van der Waals surface area (Å²) in [5.41, 5.74) is 2.48. The largest absolute Gasteiger partial charge is 0.478 e. The van der Waals surface area contributed by atoms with Gasteiger partial charge in [-0.3, -0.25) is 4.98 Å². The maximum absolute atomic E-state index is 10.7. The minimum Gasteiger partial charge on any atom is -0.478 e. The lowest BCUT2D eigenvalue weighted by Crippen LogP contribution is -2.00. The van der Waals surface area contributed by atoms with Gasteiger partial charge in [0.05, 0.1) is 5.56 Å². The van der Waals surface area contributed by atoms with Gasteiger partial charge in [0.1, 0.15) is 0 Å². The fourth-order valence-electron chi connectivity index (χ4n) is 1.77. The van der Waals surface area contributed by atoms with E-state index in [2.05, 4.69) is 11.9 Å². The minimum atomic E-state index is -0.894. The van der Waals surface area contributed by atoms with Crippen LogP contribution in [-0.4, -0.2) is 16.1 Å². The number of nitrogens with zero attached hydrogens (tertiary/aromatic N) is 1. The standard InChI is InChI=1S/C10H11NO2/c1-6-2-3-9-8(6)4-7(5-11-9)10(12)13/h4-6H,2-3H2,1H3,(H,12,13)/t6-/m0/s1. The van der Waals surface area contributed by atoms with Crippen LogP contribution in [0.2, 0.25) is 0 Å². The molecule has 1 aromatic heterocycles. The predicted octanol–water partition coefficient (Wildman–Crippen LogP) is 1.83. The van der Waals surface area contributed by atoms with E-state index >= 15 is 0 Å². The van der Waals surface area contributed by atoms with Crippen LogP contribution in [0.15, 0.2) is 12.3 Å². The number of fused-ring (bicyclic) bond motifs is 1. The first-order chi connectivity index (χ1) is 6.18. The minimum absolute atomic E-state index is 0.299. The molecule has 1 atom stereocenters. The number of carboxylic acids is 1. The van der Waals surface area contributed by atoms with Crippen LogP contribution in [0.5, 0.6) is 0 Å². The zero-order chi connectivity index (χ0) is 9.42. The molecule has 0 saturated heterocycles. The zero-order valence-electron chi connectivity index (χ0n) is 7.45. The monoisotopic (exact) mass is 177 g/mol. The summed E-state index contributed by atoms with van der Waals surface area (Å²) in [5.74, 6) is -0.434. The molecule has 3 heteroatoms. The van der Waals surface area contributed by atoms with Gasteiger partial charge in [0.25, 0.3) is 0 Å². The number of aromatic carboxylic acids is 1. The summed E-state index contributed by atoms with van der Waals surface area (Å²) < 4.78 is 0. The molecule has 1 aliphatic rings. The van der Waals surface area contributed by atoms with Crippen LogP contribution in [0.1, 0.15) is 40.9 Å². The van der Waals surface area contributed by atoms with Crippen LogP contribution in [0, 0.1) is 0 Å². The van der Waals surface area contributed by atoms with Crippen molar-refractivity contribution in [2.45, 2.75) is 25.7 Å². The molecule has 2 rings (SSSR count). The highest BCUT2D eigenvalue weighted by atomic mass is 16.4. The van der Waals surface area contributed by atoms with Gasteiger partial charge in [-0.15, -0.1) is 0 Å². The summed E-state index contributed by atoms with van der Waals surface area (Å²) in [7, 11) is 0. The van der Waals surface area contributed by atoms with Crippen molar-refractivity contribution in [3.63, 3.8) is 0 Å². The molecular formula is C10H11NO2. The van der Waals surface area contributed by atoms with Crippen LogP contribution in [0.25, 0.3) is 0 Å². The molecule has 0 unspecified atom stereocenters. The van der Waals surface area contributed by atoms with Crippen molar-refractivity contribution in [2.24, 2.45) is 0 Å². The first-order valence-corrected chi connectivity index (χ1v) is 4.40. The van der Waals surface area contributed by atoms with Crippen LogP contribution in [0.3, 0.4) is 0 Å². The third-order valence-electron chi connectivity index (χ3n) is 2.60. The predicted molar refractivity (Wildman–Crippen MR) is 47.9 cm³/mol. The van der Waals surface area contributed by atoms with Crippen LogP contribution in [-0.2, 0) is 6.42 Å². The van der Waals surface area contributed by atoms with E-state index in [0.717, 1.165) is 24.1 Å². The second-order valence-electron chi connectivity index (χ2n) is 3.50. The molecule has 0 bridgehead atoms. The molecule has 0 amide bonds. The Balaban J connectivity index is 2.47. The maximum atomic E-state index is 10.7. The number of hydrogen-bond donors (Lipinski definition) is 1. The first kappa shape index (κ1) is 8.23. The Hall–Kier alpha value is -1.38. The second kappa shape index (κ2) is 2.83. The number of aromatic nitrogens is 1. The number of pyridine rings is 1. The molecule has 0 aliphatic heterocycles. The van der Waals surface area contributed by atoms with Gasteiger partial charge in [-0.25, -0.2) is 4.79 Å². The quantitative estimate of drug-likeness (QED) is 0.711. The van der Waals surface area contributed by atoms with Gasteiger partial charge in [-0.2, -0.15) is 0 Å². The van der Waals surface area contributed by atoms with E-state index in [1.54, 1.807) is 6.07 Å². The van der Waals surface area contributed by atoms with Crippen molar-refractivity contribution in [1.29, 1.82) is 0 Å². The van der Waals surface area contributed by atoms with E-state index in [-0.39, 0.29) is 0 Å². The molecule has 1 N–H and O–H groups in total. The summed E-state index contributed by atoms with van der Waals surface area (Å²) in [5, 5.41) is 8.76. The smallest absolute Gasteiger partial charge is 0.337 e. The molecule has 0 spiro atoms. The van der Waals surface area contributed by atoms with E-state index in [0.29, 0.717) is 11.5 Å². The molecule has 1 aliphatic carbocycles. The summed E-state index contributed by atoms with van der Waals surface area (Å²) in [6.07, 6.45) is 3.51. The SMILES string of the molecule is C[C@H]1CCc2ncc(C(=O)O)cc21. The fourth-order valence-corrected chi connectivity index (χ4v) is 1.77. The molecule has 0 fully saturated rings. The lowest BCUT2D eigenvalue weighted by atomic mass is 10.0. The van der Waals surface area contributed by atoms with Gasteiger partial charge in [-0.1, -0.05) is 6.92 Å². The third kappa shape index (κ3) is 1.30. The fraction of sp³-hybridized carbons (Fsp3) is 0.400. The molecular weight excluding hydrogens is 166 g/mol. The molecule has 0 aromatic carbocycles. The highest BCUT2D eigenvalue weighted by Gasteiger charge is 2.20. The van der Waals surface area contributed by atoms with Crippen molar-refractivity contribution >= 4 is 5.97 Å². The van der Waals surface area contributed by atoms with Gasteiger partial charge in [-0.05, 0) is 30.4 Å². The van der Waals surface area contributed by atoms with E-state index in [1.165, 1.54) is 6.20 Å². The van der Waals surface area contributed by atoms with Gasteiger partial charge in [0.2, 0.25) is 0 Å². The van der Waals surface area contributed by atoms with E-state index in [4.69, 9.17) is 5.11 Å². The highest BCUT2D eigenvalue weighted by molar-refractivity contribution is 5.87. The molecule has 68 valence electrons. The molecule has 3 nitrogen and oxygen atoms in total. The Labute approximate surface area is 76.4 Å². The van der Waals surface area contributed by atoms with Crippen LogP contribution in [0.4, 0.5) is 0 Å². The maximum Gasteiger partial charge on any atom is 0.337 e. The zero-order valence-corrected chi connectivity index (χ0v) is 7.45. The Bertz CT molecular complexity index is 360. The molecule has 13 heavy (non-hydrogen) atoms. The van der Waals surface area contributed by atoms with Gasteiger partial charge in [0.15, 0.2) is 0 Å².